The fraction of sp³-hybridized carbons (Fsp3) is 0.412. The highest BCUT2D eigenvalue weighted by Gasteiger charge is 2.28. The van der Waals surface area contributed by atoms with E-state index in [9.17, 15) is 4.79 Å². The lowest BCUT2D eigenvalue weighted by Crippen LogP contribution is -2.40. The van der Waals surface area contributed by atoms with Crippen LogP contribution in [-0.4, -0.2) is 29.1 Å². The molecule has 2 heterocycles. The molecule has 1 aliphatic rings. The van der Waals surface area contributed by atoms with E-state index in [4.69, 9.17) is 10.3 Å². The van der Waals surface area contributed by atoms with Crippen LogP contribution in [0.1, 0.15) is 42.9 Å². The van der Waals surface area contributed by atoms with Crippen molar-refractivity contribution in [3.63, 3.8) is 0 Å². The molecule has 1 aliphatic heterocycles. The first kappa shape index (κ1) is 14.6. The third-order valence-corrected chi connectivity index (χ3v) is 4.44. The molecule has 116 valence electrons. The first-order valence-corrected chi connectivity index (χ1v) is 7.71. The van der Waals surface area contributed by atoms with E-state index in [1.807, 2.05) is 42.2 Å². The molecule has 2 aromatic rings. The zero-order chi connectivity index (χ0) is 15.5. The van der Waals surface area contributed by atoms with E-state index in [1.54, 1.807) is 6.07 Å². The number of anilines is 1. The van der Waals surface area contributed by atoms with Gasteiger partial charge in [-0.25, -0.2) is 0 Å². The summed E-state index contributed by atoms with van der Waals surface area (Å²) < 4.78 is 4.94. The summed E-state index contributed by atoms with van der Waals surface area (Å²) >= 11 is 0. The third-order valence-electron chi connectivity index (χ3n) is 4.44. The first-order chi connectivity index (χ1) is 10.6. The van der Waals surface area contributed by atoms with E-state index in [1.165, 1.54) is 0 Å². The van der Waals surface area contributed by atoms with E-state index in [0.29, 0.717) is 11.8 Å². The summed E-state index contributed by atoms with van der Waals surface area (Å²) in [6, 6.07) is 11.7. The number of hydrogen-bond donors (Lipinski definition) is 1. The van der Waals surface area contributed by atoms with Crippen molar-refractivity contribution in [1.29, 1.82) is 0 Å². The zero-order valence-electron chi connectivity index (χ0n) is 12.7. The second-order valence-electron chi connectivity index (χ2n) is 5.89. The SMILES string of the molecule is C[C@H](C(=O)N1CCC(c2cc(N)on2)CC1)c1ccccc1. The number of nitrogens with zero attached hydrogens (tertiary/aromatic N) is 2. The van der Waals surface area contributed by atoms with Gasteiger partial charge < -0.3 is 15.2 Å². The van der Waals surface area contributed by atoms with Crippen molar-refractivity contribution in [2.45, 2.75) is 31.6 Å². The molecule has 0 radical (unpaired) electrons. The fourth-order valence-corrected chi connectivity index (χ4v) is 3.05. The number of piperidine rings is 1. The van der Waals surface area contributed by atoms with Crippen LogP contribution in [0, 0.1) is 0 Å². The number of aromatic nitrogens is 1. The van der Waals surface area contributed by atoms with Gasteiger partial charge in [-0.15, -0.1) is 0 Å². The maximum Gasteiger partial charge on any atom is 0.229 e. The molecule has 22 heavy (non-hydrogen) atoms. The monoisotopic (exact) mass is 299 g/mol. The van der Waals surface area contributed by atoms with Crippen molar-refractivity contribution < 1.29 is 9.32 Å². The molecule has 1 amide bonds. The number of nitrogens with two attached hydrogens (primary N) is 1. The maximum absolute atomic E-state index is 12.6. The quantitative estimate of drug-likeness (QED) is 0.946. The third kappa shape index (κ3) is 2.98. The average molecular weight is 299 g/mol. The van der Waals surface area contributed by atoms with E-state index in [-0.39, 0.29) is 11.8 Å². The lowest BCUT2D eigenvalue weighted by atomic mass is 9.92. The van der Waals surface area contributed by atoms with Crippen molar-refractivity contribution in [1.82, 2.24) is 10.1 Å². The molecule has 5 heteroatoms. The van der Waals surface area contributed by atoms with Gasteiger partial charge in [0, 0.05) is 25.1 Å². The van der Waals surface area contributed by atoms with Crippen LogP contribution in [0.4, 0.5) is 5.88 Å². The Bertz CT molecular complexity index is 630. The molecule has 0 saturated carbocycles. The molecule has 0 unspecified atom stereocenters. The number of carbonyl (C=O) groups excluding carboxylic acids is 1. The Hall–Kier alpha value is -2.30. The standard InChI is InChI=1S/C17H21N3O2/c1-12(13-5-3-2-4-6-13)17(21)20-9-7-14(8-10-20)15-11-16(18)22-19-15/h2-6,11-12,14H,7-10,18H2,1H3/t12-/m0/s1. The van der Waals surface area contributed by atoms with Gasteiger partial charge >= 0.3 is 0 Å². The van der Waals surface area contributed by atoms with Gasteiger partial charge in [0.25, 0.3) is 0 Å². The number of hydrogen-bond acceptors (Lipinski definition) is 4. The highest BCUT2D eigenvalue weighted by atomic mass is 16.5. The van der Waals surface area contributed by atoms with E-state index in [0.717, 1.165) is 37.2 Å². The number of nitrogen functional groups attached to an aromatic ring is 1. The van der Waals surface area contributed by atoms with Crippen LogP contribution >= 0.6 is 0 Å². The predicted octanol–water partition coefficient (Wildman–Crippen LogP) is 2.77. The molecule has 0 aliphatic carbocycles. The lowest BCUT2D eigenvalue weighted by molar-refractivity contribution is -0.133. The van der Waals surface area contributed by atoms with Gasteiger partial charge in [0.2, 0.25) is 11.8 Å². The second-order valence-corrected chi connectivity index (χ2v) is 5.89. The molecule has 0 spiro atoms. The Balaban J connectivity index is 1.60. The maximum atomic E-state index is 12.6. The molecule has 1 saturated heterocycles. The van der Waals surface area contributed by atoms with E-state index < -0.39 is 0 Å². The minimum absolute atomic E-state index is 0.0968. The average Bonchev–Trinajstić information content (AvgIpc) is 3.01. The summed E-state index contributed by atoms with van der Waals surface area (Å²) in [5.74, 6) is 0.785. The smallest absolute Gasteiger partial charge is 0.229 e. The van der Waals surface area contributed by atoms with Crippen LogP contribution < -0.4 is 5.73 Å². The number of benzene rings is 1. The summed E-state index contributed by atoms with van der Waals surface area (Å²) in [4.78, 5) is 14.6. The fourth-order valence-electron chi connectivity index (χ4n) is 3.05. The van der Waals surface area contributed by atoms with E-state index >= 15 is 0 Å². The van der Waals surface area contributed by atoms with Crippen molar-refractivity contribution in [2.24, 2.45) is 0 Å². The molecular weight excluding hydrogens is 278 g/mol. The molecule has 2 N–H and O–H groups in total. The molecule has 1 fully saturated rings. The highest BCUT2D eigenvalue weighted by molar-refractivity contribution is 5.83. The molecule has 3 rings (SSSR count). The van der Waals surface area contributed by atoms with Gasteiger partial charge in [0.15, 0.2) is 0 Å². The van der Waals surface area contributed by atoms with Gasteiger partial charge in [0.1, 0.15) is 0 Å². The lowest BCUT2D eigenvalue weighted by Gasteiger charge is -2.33. The van der Waals surface area contributed by atoms with Crippen LogP contribution in [0.3, 0.4) is 0 Å². The van der Waals surface area contributed by atoms with Gasteiger partial charge in [-0.2, -0.15) is 0 Å². The minimum Gasteiger partial charge on any atom is -0.368 e. The summed E-state index contributed by atoms with van der Waals surface area (Å²) in [5.41, 5.74) is 7.54. The molecule has 1 atom stereocenters. The van der Waals surface area contributed by atoms with Crippen LogP contribution in [0.15, 0.2) is 40.9 Å². The van der Waals surface area contributed by atoms with Gasteiger partial charge in [-0.1, -0.05) is 35.5 Å². The first-order valence-electron chi connectivity index (χ1n) is 7.71. The van der Waals surface area contributed by atoms with Crippen LogP contribution in [0.2, 0.25) is 0 Å². The number of amides is 1. The highest BCUT2D eigenvalue weighted by Crippen LogP contribution is 2.29. The molecule has 1 aromatic heterocycles. The Labute approximate surface area is 130 Å². The Morgan fingerprint density at radius 3 is 2.59 bits per heavy atom. The predicted molar refractivity (Wildman–Crippen MR) is 84.3 cm³/mol. The van der Waals surface area contributed by atoms with E-state index in [2.05, 4.69) is 5.16 Å². The molecule has 5 nitrogen and oxygen atoms in total. The Morgan fingerprint density at radius 2 is 2.00 bits per heavy atom. The van der Waals surface area contributed by atoms with Crippen molar-refractivity contribution in [2.75, 3.05) is 18.8 Å². The zero-order valence-corrected chi connectivity index (χ0v) is 12.7. The van der Waals surface area contributed by atoms with Gasteiger partial charge in [0.05, 0.1) is 11.6 Å². The van der Waals surface area contributed by atoms with Crippen molar-refractivity contribution >= 4 is 11.8 Å². The largest absolute Gasteiger partial charge is 0.368 e. The normalized spacial score (nSPS) is 17.4. The summed E-state index contributed by atoms with van der Waals surface area (Å²) in [7, 11) is 0. The van der Waals surface area contributed by atoms with Crippen molar-refractivity contribution in [3.8, 4) is 0 Å². The molecule has 1 aromatic carbocycles. The number of likely N-dealkylation sites (tertiary alicyclic amines) is 1. The summed E-state index contributed by atoms with van der Waals surface area (Å²) in [6.45, 7) is 3.49. The minimum atomic E-state index is -0.0968. The number of carbonyl (C=O) groups is 1. The topological polar surface area (TPSA) is 72.4 Å². The van der Waals surface area contributed by atoms with Crippen LogP contribution in [0.25, 0.3) is 0 Å². The van der Waals surface area contributed by atoms with Gasteiger partial charge in [-0.3, -0.25) is 4.79 Å². The van der Waals surface area contributed by atoms with Crippen LogP contribution in [-0.2, 0) is 4.79 Å². The van der Waals surface area contributed by atoms with Crippen molar-refractivity contribution in [3.05, 3.63) is 47.7 Å². The summed E-state index contributed by atoms with van der Waals surface area (Å²) in [5, 5.41) is 3.99. The molecular formula is C17H21N3O2. The summed E-state index contributed by atoms with van der Waals surface area (Å²) in [6.07, 6.45) is 1.80. The molecule has 0 bridgehead atoms. The van der Waals surface area contributed by atoms with Gasteiger partial charge in [-0.05, 0) is 25.3 Å². The Kier molecular flexibility index (Phi) is 4.13. The Morgan fingerprint density at radius 1 is 1.32 bits per heavy atom. The number of rotatable bonds is 3. The van der Waals surface area contributed by atoms with Crippen LogP contribution in [0.5, 0.6) is 0 Å². The second kappa shape index (κ2) is 6.22.